The van der Waals surface area contributed by atoms with E-state index in [9.17, 15) is 4.79 Å². The van der Waals surface area contributed by atoms with E-state index in [1.807, 2.05) is 0 Å². The van der Waals surface area contributed by atoms with E-state index in [4.69, 9.17) is 14.6 Å². The van der Waals surface area contributed by atoms with Crippen molar-refractivity contribution < 1.29 is 19.4 Å². The van der Waals surface area contributed by atoms with Crippen LogP contribution >= 0.6 is 0 Å². The summed E-state index contributed by atoms with van der Waals surface area (Å²) in [7, 11) is 1.66. The average molecular weight is 274 g/mol. The van der Waals surface area contributed by atoms with E-state index >= 15 is 0 Å². The first-order valence-electron chi connectivity index (χ1n) is 7.02. The predicted molar refractivity (Wildman–Crippen MR) is 71.7 cm³/mol. The van der Waals surface area contributed by atoms with E-state index in [0.29, 0.717) is 26.4 Å². The Labute approximate surface area is 114 Å². The first kappa shape index (κ1) is 16.4. The highest BCUT2D eigenvalue weighted by Gasteiger charge is 2.21. The molecule has 0 spiro atoms. The molecule has 0 radical (unpaired) electrons. The molecule has 1 aliphatic rings. The maximum absolute atomic E-state index is 11.7. The number of ether oxygens (including phenoxy) is 2. The molecule has 0 aromatic rings. The largest absolute Gasteiger partial charge is 0.377 e. The van der Waals surface area contributed by atoms with Gasteiger partial charge in [0.05, 0.1) is 26.4 Å². The first-order chi connectivity index (χ1) is 9.24. The summed E-state index contributed by atoms with van der Waals surface area (Å²) in [5.41, 5.74) is 0. The lowest BCUT2D eigenvalue weighted by atomic mass is 10.1. The van der Waals surface area contributed by atoms with Crippen LogP contribution in [0.25, 0.3) is 0 Å². The van der Waals surface area contributed by atoms with Crippen LogP contribution in [0.4, 0.5) is 0 Å². The summed E-state index contributed by atoms with van der Waals surface area (Å²) in [6.07, 6.45) is 3.75. The lowest BCUT2D eigenvalue weighted by molar-refractivity contribution is -0.125. The number of carbonyl (C=O) groups is 1. The number of aliphatic hydroxyl groups is 1. The molecule has 3 N–H and O–H groups in total. The average Bonchev–Trinajstić information content (AvgIpc) is 2.95. The fourth-order valence-electron chi connectivity index (χ4n) is 2.08. The van der Waals surface area contributed by atoms with E-state index in [1.54, 1.807) is 7.05 Å². The Bertz CT molecular complexity index is 245. The van der Waals surface area contributed by atoms with Gasteiger partial charge in [0.1, 0.15) is 6.23 Å². The van der Waals surface area contributed by atoms with Crippen molar-refractivity contribution in [2.45, 2.75) is 31.9 Å². The third kappa shape index (κ3) is 7.47. The molecule has 112 valence electrons. The smallest absolute Gasteiger partial charge is 0.223 e. The minimum atomic E-state index is -0.634. The van der Waals surface area contributed by atoms with Gasteiger partial charge in [0.25, 0.3) is 0 Å². The van der Waals surface area contributed by atoms with Gasteiger partial charge in [-0.05, 0) is 19.9 Å². The lowest BCUT2D eigenvalue weighted by Crippen LogP contribution is -2.32. The molecule has 1 saturated carbocycles. The van der Waals surface area contributed by atoms with Gasteiger partial charge < -0.3 is 19.9 Å². The number of aliphatic hydroxyl groups excluding tert-OH is 1. The van der Waals surface area contributed by atoms with E-state index in [1.165, 1.54) is 12.8 Å². The van der Waals surface area contributed by atoms with Gasteiger partial charge in [0.2, 0.25) is 5.91 Å². The summed E-state index contributed by atoms with van der Waals surface area (Å²) < 4.78 is 10.5. The van der Waals surface area contributed by atoms with Gasteiger partial charge in [0.15, 0.2) is 0 Å². The van der Waals surface area contributed by atoms with E-state index in [2.05, 4.69) is 10.6 Å². The fraction of sp³-hybridized carbons (Fsp3) is 0.923. The van der Waals surface area contributed by atoms with Gasteiger partial charge in [-0.25, -0.2) is 0 Å². The van der Waals surface area contributed by atoms with Gasteiger partial charge >= 0.3 is 0 Å². The summed E-state index contributed by atoms with van der Waals surface area (Å²) in [5.74, 6) is 0.376. The molecule has 1 amide bonds. The van der Waals surface area contributed by atoms with Crippen molar-refractivity contribution in [2.75, 3.05) is 40.0 Å². The van der Waals surface area contributed by atoms with Crippen LogP contribution in [0.15, 0.2) is 0 Å². The van der Waals surface area contributed by atoms with Crippen molar-refractivity contribution >= 4 is 5.91 Å². The van der Waals surface area contributed by atoms with Gasteiger partial charge in [-0.3, -0.25) is 10.1 Å². The zero-order valence-electron chi connectivity index (χ0n) is 11.7. The van der Waals surface area contributed by atoms with Crippen molar-refractivity contribution in [2.24, 2.45) is 5.92 Å². The topological polar surface area (TPSA) is 79.8 Å². The monoisotopic (exact) mass is 274 g/mol. The standard InChI is InChI=1S/C13H26N2O4/c1-14-12(16)10-19-9-8-18-7-6-15-13(17)11-4-2-3-5-11/h11-12,14,16H,2-10H2,1H3,(H,15,17). The molecule has 0 aromatic heterocycles. The minimum absolute atomic E-state index is 0.162. The minimum Gasteiger partial charge on any atom is -0.377 e. The fourth-order valence-corrected chi connectivity index (χ4v) is 2.08. The zero-order chi connectivity index (χ0) is 13.9. The predicted octanol–water partition coefficient (Wildman–Crippen LogP) is -0.136. The molecule has 1 unspecified atom stereocenters. The third-order valence-electron chi connectivity index (χ3n) is 3.25. The SMILES string of the molecule is CNC(O)COCCOCCNC(=O)C1CCCC1. The summed E-state index contributed by atoms with van der Waals surface area (Å²) in [6, 6.07) is 0. The molecular weight excluding hydrogens is 248 g/mol. The quantitative estimate of drug-likeness (QED) is 0.382. The number of nitrogens with one attached hydrogen (secondary N) is 2. The summed E-state index contributed by atoms with van der Waals surface area (Å²) >= 11 is 0. The van der Waals surface area contributed by atoms with Gasteiger partial charge in [-0.2, -0.15) is 0 Å². The number of amides is 1. The Morgan fingerprint density at radius 3 is 2.63 bits per heavy atom. The van der Waals surface area contributed by atoms with Crippen LogP contribution < -0.4 is 10.6 Å². The van der Waals surface area contributed by atoms with Gasteiger partial charge in [0, 0.05) is 12.5 Å². The number of rotatable bonds is 10. The highest BCUT2D eigenvalue weighted by molar-refractivity contribution is 5.78. The number of carbonyl (C=O) groups excluding carboxylic acids is 1. The Hall–Kier alpha value is -0.690. The molecule has 1 atom stereocenters. The zero-order valence-corrected chi connectivity index (χ0v) is 11.7. The maximum Gasteiger partial charge on any atom is 0.223 e. The van der Waals surface area contributed by atoms with Crippen LogP contribution in [0.1, 0.15) is 25.7 Å². The van der Waals surface area contributed by atoms with Crippen LogP contribution in [0.3, 0.4) is 0 Å². The third-order valence-corrected chi connectivity index (χ3v) is 3.25. The van der Waals surface area contributed by atoms with Crippen LogP contribution in [0, 0.1) is 5.92 Å². The molecule has 1 rings (SSSR count). The van der Waals surface area contributed by atoms with E-state index < -0.39 is 6.23 Å². The van der Waals surface area contributed by atoms with Crippen molar-refractivity contribution in [1.29, 1.82) is 0 Å². The molecule has 1 aliphatic carbocycles. The van der Waals surface area contributed by atoms with Crippen LogP contribution in [-0.2, 0) is 14.3 Å². The molecule has 6 nitrogen and oxygen atoms in total. The Morgan fingerprint density at radius 2 is 1.95 bits per heavy atom. The maximum atomic E-state index is 11.7. The second-order valence-corrected chi connectivity index (χ2v) is 4.76. The van der Waals surface area contributed by atoms with Crippen molar-refractivity contribution in [3.63, 3.8) is 0 Å². The van der Waals surface area contributed by atoms with E-state index in [0.717, 1.165) is 12.8 Å². The molecule has 19 heavy (non-hydrogen) atoms. The molecule has 0 aliphatic heterocycles. The number of hydrogen-bond acceptors (Lipinski definition) is 5. The van der Waals surface area contributed by atoms with Gasteiger partial charge in [-0.1, -0.05) is 12.8 Å². The van der Waals surface area contributed by atoms with Gasteiger partial charge in [-0.15, -0.1) is 0 Å². The van der Waals surface area contributed by atoms with Crippen molar-refractivity contribution in [1.82, 2.24) is 10.6 Å². The Kier molecular flexibility index (Phi) is 8.73. The van der Waals surface area contributed by atoms with E-state index in [-0.39, 0.29) is 18.4 Å². The van der Waals surface area contributed by atoms with Crippen LogP contribution in [0.5, 0.6) is 0 Å². The highest BCUT2D eigenvalue weighted by atomic mass is 16.5. The van der Waals surface area contributed by atoms with Crippen molar-refractivity contribution in [3.8, 4) is 0 Å². The normalized spacial score (nSPS) is 17.6. The number of likely N-dealkylation sites (N-methyl/N-ethyl adjacent to an activating group) is 1. The Morgan fingerprint density at radius 1 is 1.26 bits per heavy atom. The first-order valence-corrected chi connectivity index (χ1v) is 7.02. The Balaban J connectivity index is 1.84. The molecule has 1 fully saturated rings. The molecule has 6 heteroatoms. The summed E-state index contributed by atoms with van der Waals surface area (Å²) in [6.45, 7) is 2.20. The molecule has 0 heterocycles. The number of hydrogen-bond donors (Lipinski definition) is 3. The summed E-state index contributed by atoms with van der Waals surface area (Å²) in [4.78, 5) is 11.7. The molecule has 0 saturated heterocycles. The lowest BCUT2D eigenvalue weighted by Gasteiger charge is -2.11. The summed E-state index contributed by atoms with van der Waals surface area (Å²) in [5, 5.41) is 14.7. The second-order valence-electron chi connectivity index (χ2n) is 4.76. The van der Waals surface area contributed by atoms with Crippen LogP contribution in [0.2, 0.25) is 0 Å². The second kappa shape index (κ2) is 10.1. The van der Waals surface area contributed by atoms with Crippen molar-refractivity contribution in [3.05, 3.63) is 0 Å². The molecule has 0 bridgehead atoms. The highest BCUT2D eigenvalue weighted by Crippen LogP contribution is 2.24. The van der Waals surface area contributed by atoms with Crippen LogP contribution in [-0.4, -0.2) is 57.3 Å². The molecular formula is C13H26N2O4. The molecule has 0 aromatic carbocycles.